The summed E-state index contributed by atoms with van der Waals surface area (Å²) in [6.45, 7) is 2.86. The van der Waals surface area contributed by atoms with Crippen molar-refractivity contribution in [1.29, 1.82) is 0 Å². The molecule has 2 aromatic rings. The van der Waals surface area contributed by atoms with Crippen LogP contribution in [0.4, 0.5) is 0 Å². The highest BCUT2D eigenvalue weighted by atomic mass is 16.5. The summed E-state index contributed by atoms with van der Waals surface area (Å²) in [6.07, 6.45) is 0.893. The predicted octanol–water partition coefficient (Wildman–Crippen LogP) is 3.11. The second-order valence-electron chi connectivity index (χ2n) is 5.37. The van der Waals surface area contributed by atoms with E-state index in [4.69, 9.17) is 14.6 Å². The van der Waals surface area contributed by atoms with Crippen molar-refractivity contribution in [2.24, 2.45) is 0 Å². The van der Waals surface area contributed by atoms with E-state index in [1.165, 1.54) is 12.1 Å². The molecular weight excluding hydrogens is 322 g/mol. The highest BCUT2D eigenvalue weighted by molar-refractivity contribution is 6.04. The number of carboxylic acids is 1. The molecule has 0 bridgehead atoms. The summed E-state index contributed by atoms with van der Waals surface area (Å²) in [7, 11) is 1.56. The van der Waals surface area contributed by atoms with Crippen LogP contribution in [0.1, 0.15) is 39.6 Å². The Morgan fingerprint density at radius 1 is 1.08 bits per heavy atom. The molecule has 25 heavy (non-hydrogen) atoms. The zero-order valence-corrected chi connectivity index (χ0v) is 14.2. The van der Waals surface area contributed by atoms with Crippen molar-refractivity contribution in [1.82, 2.24) is 5.32 Å². The van der Waals surface area contributed by atoms with E-state index in [0.717, 1.165) is 12.0 Å². The van der Waals surface area contributed by atoms with Crippen molar-refractivity contribution in [2.45, 2.75) is 19.9 Å². The van der Waals surface area contributed by atoms with Crippen LogP contribution in [0.3, 0.4) is 0 Å². The first-order valence-electron chi connectivity index (χ1n) is 7.97. The van der Waals surface area contributed by atoms with E-state index in [1.54, 1.807) is 31.4 Å². The third kappa shape index (κ3) is 4.73. The van der Waals surface area contributed by atoms with E-state index in [2.05, 4.69) is 5.32 Å². The van der Waals surface area contributed by atoms with Crippen LogP contribution < -0.4 is 14.8 Å². The smallest absolute Gasteiger partial charge is 0.336 e. The minimum atomic E-state index is -1.13. The topological polar surface area (TPSA) is 84.9 Å². The number of amides is 1. The maximum atomic E-state index is 12.3. The Balaban J connectivity index is 2.08. The molecule has 0 aromatic heterocycles. The van der Waals surface area contributed by atoms with Crippen LogP contribution in [-0.2, 0) is 6.54 Å². The van der Waals surface area contributed by atoms with Gasteiger partial charge in [-0.25, -0.2) is 4.79 Å². The number of nitrogens with one attached hydrogen (secondary N) is 1. The van der Waals surface area contributed by atoms with Gasteiger partial charge in [0.2, 0.25) is 0 Å². The molecule has 2 N–H and O–H groups in total. The van der Waals surface area contributed by atoms with E-state index in [1.807, 2.05) is 13.0 Å². The Kier molecular flexibility index (Phi) is 6.39. The van der Waals surface area contributed by atoms with E-state index in [0.29, 0.717) is 18.1 Å². The Labute approximate surface area is 146 Å². The van der Waals surface area contributed by atoms with Crippen LogP contribution in [0.5, 0.6) is 11.5 Å². The van der Waals surface area contributed by atoms with Gasteiger partial charge >= 0.3 is 5.97 Å². The van der Waals surface area contributed by atoms with Crippen molar-refractivity contribution < 1.29 is 24.2 Å². The normalized spacial score (nSPS) is 10.2. The monoisotopic (exact) mass is 343 g/mol. The number of methoxy groups -OCH3 is 1. The van der Waals surface area contributed by atoms with Crippen LogP contribution >= 0.6 is 0 Å². The van der Waals surface area contributed by atoms with Gasteiger partial charge in [-0.15, -0.1) is 0 Å². The average molecular weight is 343 g/mol. The summed E-state index contributed by atoms with van der Waals surface area (Å²) in [5.74, 6) is -0.338. The van der Waals surface area contributed by atoms with Crippen LogP contribution in [-0.4, -0.2) is 30.7 Å². The third-order valence-corrected chi connectivity index (χ3v) is 3.54. The highest BCUT2D eigenvalue weighted by Crippen LogP contribution is 2.28. The Hall–Kier alpha value is -3.02. The van der Waals surface area contributed by atoms with Crippen LogP contribution in [0.2, 0.25) is 0 Å². The van der Waals surface area contributed by atoms with Gasteiger partial charge in [-0.1, -0.05) is 25.1 Å². The zero-order chi connectivity index (χ0) is 18.2. The minimum absolute atomic E-state index is 0.0269. The van der Waals surface area contributed by atoms with Gasteiger partial charge in [0.25, 0.3) is 5.91 Å². The summed E-state index contributed by atoms with van der Waals surface area (Å²) in [5.41, 5.74) is 0.924. The molecule has 0 aliphatic carbocycles. The molecule has 0 fully saturated rings. The van der Waals surface area contributed by atoms with Crippen molar-refractivity contribution in [2.75, 3.05) is 13.7 Å². The van der Waals surface area contributed by atoms with E-state index >= 15 is 0 Å². The third-order valence-electron chi connectivity index (χ3n) is 3.54. The molecule has 132 valence electrons. The molecule has 6 heteroatoms. The van der Waals surface area contributed by atoms with Crippen molar-refractivity contribution in [3.05, 3.63) is 59.2 Å². The number of carboxylic acid groups (broad SMARTS) is 1. The summed E-state index contributed by atoms with van der Waals surface area (Å²) >= 11 is 0. The Bertz CT molecular complexity index is 757. The second-order valence-corrected chi connectivity index (χ2v) is 5.37. The lowest BCUT2D eigenvalue weighted by Gasteiger charge is -2.12. The molecule has 2 aromatic carbocycles. The lowest BCUT2D eigenvalue weighted by atomic mass is 10.1. The van der Waals surface area contributed by atoms with Gasteiger partial charge < -0.3 is 19.9 Å². The van der Waals surface area contributed by atoms with Gasteiger partial charge in [0, 0.05) is 6.54 Å². The SMILES string of the molecule is CCCOc1ccc(CNC(=O)c2ccccc2C(=O)O)cc1OC. The second kappa shape index (κ2) is 8.73. The fraction of sp³-hybridized carbons (Fsp3) is 0.263. The van der Waals surface area contributed by atoms with Crippen LogP contribution in [0, 0.1) is 0 Å². The Morgan fingerprint density at radius 2 is 1.80 bits per heavy atom. The molecular formula is C19H21NO5. The van der Waals surface area contributed by atoms with Crippen molar-refractivity contribution in [3.63, 3.8) is 0 Å². The van der Waals surface area contributed by atoms with Gasteiger partial charge in [-0.3, -0.25) is 4.79 Å². The van der Waals surface area contributed by atoms with Crippen LogP contribution in [0.25, 0.3) is 0 Å². The molecule has 0 unspecified atom stereocenters. The van der Waals surface area contributed by atoms with E-state index in [-0.39, 0.29) is 17.7 Å². The number of hydrogen-bond donors (Lipinski definition) is 2. The van der Waals surface area contributed by atoms with Gasteiger partial charge in [-0.2, -0.15) is 0 Å². The number of ether oxygens (including phenoxy) is 2. The summed E-state index contributed by atoms with van der Waals surface area (Å²) in [4.78, 5) is 23.5. The Morgan fingerprint density at radius 3 is 2.44 bits per heavy atom. The molecule has 0 aliphatic rings. The van der Waals surface area contributed by atoms with Gasteiger partial charge in [0.05, 0.1) is 24.8 Å². The molecule has 0 aliphatic heterocycles. The molecule has 2 rings (SSSR count). The van der Waals surface area contributed by atoms with E-state index < -0.39 is 11.9 Å². The number of rotatable bonds is 8. The predicted molar refractivity (Wildman–Crippen MR) is 93.4 cm³/mol. The molecule has 0 spiro atoms. The first-order valence-corrected chi connectivity index (χ1v) is 7.97. The molecule has 1 amide bonds. The molecule has 0 saturated carbocycles. The number of aromatic carboxylic acids is 1. The lowest BCUT2D eigenvalue weighted by molar-refractivity contribution is 0.0691. The van der Waals surface area contributed by atoms with Crippen molar-refractivity contribution >= 4 is 11.9 Å². The summed E-state index contributed by atoms with van der Waals surface area (Å²) < 4.78 is 10.9. The number of carbonyl (C=O) groups excluding carboxylic acids is 1. The van der Waals surface area contributed by atoms with Gasteiger partial charge in [0.15, 0.2) is 11.5 Å². The zero-order valence-electron chi connectivity index (χ0n) is 14.2. The fourth-order valence-electron chi connectivity index (χ4n) is 2.30. The van der Waals surface area contributed by atoms with Gasteiger partial charge in [0.1, 0.15) is 0 Å². The van der Waals surface area contributed by atoms with Gasteiger partial charge in [-0.05, 0) is 36.2 Å². The molecule has 0 saturated heterocycles. The van der Waals surface area contributed by atoms with Crippen LogP contribution in [0.15, 0.2) is 42.5 Å². The fourth-order valence-corrected chi connectivity index (χ4v) is 2.30. The quantitative estimate of drug-likeness (QED) is 0.769. The maximum Gasteiger partial charge on any atom is 0.336 e. The minimum Gasteiger partial charge on any atom is -0.493 e. The standard InChI is InChI=1S/C19H21NO5/c1-3-10-25-16-9-8-13(11-17(16)24-2)12-20-18(21)14-6-4-5-7-15(14)19(22)23/h4-9,11H,3,10,12H2,1-2H3,(H,20,21)(H,22,23). The summed E-state index contributed by atoms with van der Waals surface area (Å²) in [6, 6.07) is 11.5. The molecule has 0 atom stereocenters. The molecule has 6 nitrogen and oxygen atoms in total. The lowest BCUT2D eigenvalue weighted by Crippen LogP contribution is -2.24. The molecule has 0 heterocycles. The largest absolute Gasteiger partial charge is 0.493 e. The first kappa shape index (κ1) is 18.3. The number of hydrogen-bond acceptors (Lipinski definition) is 4. The first-order chi connectivity index (χ1) is 12.1. The number of benzene rings is 2. The molecule has 0 radical (unpaired) electrons. The van der Waals surface area contributed by atoms with E-state index in [9.17, 15) is 9.59 Å². The number of carbonyl (C=O) groups is 2. The highest BCUT2D eigenvalue weighted by Gasteiger charge is 2.15. The maximum absolute atomic E-state index is 12.3. The van der Waals surface area contributed by atoms with Crippen molar-refractivity contribution in [3.8, 4) is 11.5 Å². The summed E-state index contributed by atoms with van der Waals surface area (Å²) in [5, 5.41) is 11.9. The average Bonchev–Trinajstić information content (AvgIpc) is 2.64.